The molecular formula is C14H11FN2O. The molecule has 0 spiro atoms. The molecule has 0 amide bonds. The fourth-order valence-electron chi connectivity index (χ4n) is 1.40. The van der Waals surface area contributed by atoms with Gasteiger partial charge in [-0.2, -0.15) is 5.26 Å². The molecule has 2 rings (SSSR count). The SMILES string of the molecule is Cc1ccc(OCc2ccc(C#N)cn2)cc1F. The highest BCUT2D eigenvalue weighted by molar-refractivity contribution is 5.29. The number of rotatable bonds is 3. The number of halogens is 1. The third-order valence-electron chi connectivity index (χ3n) is 2.48. The number of hydrogen-bond donors (Lipinski definition) is 0. The zero-order valence-corrected chi connectivity index (χ0v) is 9.85. The highest BCUT2D eigenvalue weighted by Crippen LogP contribution is 2.16. The van der Waals surface area contributed by atoms with Crippen molar-refractivity contribution in [2.75, 3.05) is 0 Å². The molecule has 0 aliphatic heterocycles. The Morgan fingerprint density at radius 2 is 2.17 bits per heavy atom. The van der Waals surface area contributed by atoms with Crippen LogP contribution in [-0.2, 0) is 6.61 Å². The number of ether oxygens (including phenoxy) is 1. The van der Waals surface area contributed by atoms with Gasteiger partial charge in [-0.25, -0.2) is 4.39 Å². The predicted molar refractivity (Wildman–Crippen MR) is 64.4 cm³/mol. The average Bonchev–Trinajstić information content (AvgIpc) is 2.41. The van der Waals surface area contributed by atoms with Gasteiger partial charge in [0, 0.05) is 12.3 Å². The maximum absolute atomic E-state index is 13.3. The van der Waals surface area contributed by atoms with Crippen LogP contribution >= 0.6 is 0 Å². The maximum atomic E-state index is 13.3. The van der Waals surface area contributed by atoms with Gasteiger partial charge < -0.3 is 4.74 Å². The van der Waals surface area contributed by atoms with Crippen molar-refractivity contribution in [3.63, 3.8) is 0 Å². The van der Waals surface area contributed by atoms with E-state index in [1.807, 2.05) is 6.07 Å². The minimum absolute atomic E-state index is 0.244. The molecule has 0 fully saturated rings. The Morgan fingerprint density at radius 3 is 2.78 bits per heavy atom. The van der Waals surface area contributed by atoms with Crippen LogP contribution in [0.4, 0.5) is 4.39 Å². The van der Waals surface area contributed by atoms with Crippen LogP contribution in [0.15, 0.2) is 36.5 Å². The Balaban J connectivity index is 2.02. The van der Waals surface area contributed by atoms with Crippen molar-refractivity contribution in [2.24, 2.45) is 0 Å². The minimum atomic E-state index is -0.291. The van der Waals surface area contributed by atoms with E-state index in [1.165, 1.54) is 12.3 Å². The Bertz CT molecular complexity index is 588. The summed E-state index contributed by atoms with van der Waals surface area (Å²) in [7, 11) is 0. The lowest BCUT2D eigenvalue weighted by Gasteiger charge is -2.06. The van der Waals surface area contributed by atoms with Crippen LogP contribution in [0.1, 0.15) is 16.8 Å². The van der Waals surface area contributed by atoms with Crippen molar-refractivity contribution in [3.05, 3.63) is 59.2 Å². The third-order valence-corrected chi connectivity index (χ3v) is 2.48. The van der Waals surface area contributed by atoms with Crippen LogP contribution < -0.4 is 4.74 Å². The second-order valence-electron chi connectivity index (χ2n) is 3.85. The number of nitriles is 1. The van der Waals surface area contributed by atoms with E-state index in [1.54, 1.807) is 31.2 Å². The van der Waals surface area contributed by atoms with Crippen LogP contribution in [0.5, 0.6) is 5.75 Å². The number of aryl methyl sites for hydroxylation is 1. The Kier molecular flexibility index (Phi) is 3.54. The zero-order valence-electron chi connectivity index (χ0n) is 9.85. The minimum Gasteiger partial charge on any atom is -0.487 e. The molecule has 18 heavy (non-hydrogen) atoms. The Morgan fingerprint density at radius 1 is 1.33 bits per heavy atom. The lowest BCUT2D eigenvalue weighted by atomic mass is 10.2. The van der Waals surface area contributed by atoms with Gasteiger partial charge in [-0.3, -0.25) is 4.98 Å². The van der Waals surface area contributed by atoms with Crippen molar-refractivity contribution in [1.29, 1.82) is 5.26 Å². The molecule has 3 nitrogen and oxygen atoms in total. The predicted octanol–water partition coefficient (Wildman–Crippen LogP) is 2.98. The van der Waals surface area contributed by atoms with Crippen molar-refractivity contribution in [2.45, 2.75) is 13.5 Å². The van der Waals surface area contributed by atoms with Gasteiger partial charge >= 0.3 is 0 Å². The summed E-state index contributed by atoms with van der Waals surface area (Å²) < 4.78 is 18.7. The lowest BCUT2D eigenvalue weighted by Crippen LogP contribution is -1.98. The summed E-state index contributed by atoms with van der Waals surface area (Å²) in [6, 6.07) is 10.1. The molecular weight excluding hydrogens is 231 g/mol. The molecule has 0 aliphatic carbocycles. The van der Waals surface area contributed by atoms with Gasteiger partial charge in [0.1, 0.15) is 24.2 Å². The fraction of sp³-hybridized carbons (Fsp3) is 0.143. The summed E-state index contributed by atoms with van der Waals surface area (Å²) in [5.41, 5.74) is 1.77. The Hall–Kier alpha value is -2.41. The monoisotopic (exact) mass is 242 g/mol. The van der Waals surface area contributed by atoms with Gasteiger partial charge in [0.2, 0.25) is 0 Å². The highest BCUT2D eigenvalue weighted by atomic mass is 19.1. The van der Waals surface area contributed by atoms with Crippen LogP contribution in [0, 0.1) is 24.1 Å². The van der Waals surface area contributed by atoms with E-state index in [0.717, 1.165) is 0 Å². The smallest absolute Gasteiger partial charge is 0.130 e. The van der Waals surface area contributed by atoms with E-state index < -0.39 is 0 Å². The maximum Gasteiger partial charge on any atom is 0.130 e. The average molecular weight is 242 g/mol. The molecule has 2 aromatic rings. The van der Waals surface area contributed by atoms with Crippen LogP contribution in [0.25, 0.3) is 0 Å². The standard InChI is InChI=1S/C14H11FN2O/c1-10-2-5-13(6-14(10)15)18-9-12-4-3-11(7-16)8-17-12/h2-6,8H,9H2,1H3. The normalized spacial score (nSPS) is 9.83. The van der Waals surface area contributed by atoms with Gasteiger partial charge in [0.25, 0.3) is 0 Å². The number of benzene rings is 1. The largest absolute Gasteiger partial charge is 0.487 e. The van der Waals surface area contributed by atoms with E-state index in [-0.39, 0.29) is 12.4 Å². The van der Waals surface area contributed by atoms with Gasteiger partial charge in [-0.15, -0.1) is 0 Å². The van der Waals surface area contributed by atoms with Gasteiger partial charge in [-0.1, -0.05) is 6.07 Å². The van der Waals surface area contributed by atoms with Crippen molar-refractivity contribution < 1.29 is 9.13 Å². The molecule has 1 aromatic heterocycles. The second-order valence-corrected chi connectivity index (χ2v) is 3.85. The molecule has 90 valence electrons. The number of aromatic nitrogens is 1. The first-order valence-electron chi connectivity index (χ1n) is 5.43. The molecule has 1 aromatic carbocycles. The quantitative estimate of drug-likeness (QED) is 0.831. The summed E-state index contributed by atoms with van der Waals surface area (Å²) >= 11 is 0. The molecule has 0 saturated heterocycles. The number of pyridine rings is 1. The van der Waals surface area contributed by atoms with Crippen molar-refractivity contribution in [3.8, 4) is 11.8 Å². The highest BCUT2D eigenvalue weighted by Gasteiger charge is 2.01. The molecule has 1 heterocycles. The zero-order chi connectivity index (χ0) is 13.0. The molecule has 0 radical (unpaired) electrons. The topological polar surface area (TPSA) is 45.9 Å². The summed E-state index contributed by atoms with van der Waals surface area (Å²) in [5, 5.41) is 8.63. The molecule has 0 aliphatic rings. The summed E-state index contributed by atoms with van der Waals surface area (Å²) in [5.74, 6) is 0.171. The molecule has 0 atom stereocenters. The molecule has 0 N–H and O–H groups in total. The van der Waals surface area contributed by atoms with Crippen LogP contribution in [0.3, 0.4) is 0 Å². The van der Waals surface area contributed by atoms with E-state index in [2.05, 4.69) is 4.98 Å². The molecule has 0 unspecified atom stereocenters. The van der Waals surface area contributed by atoms with E-state index in [4.69, 9.17) is 10.00 Å². The summed E-state index contributed by atoms with van der Waals surface area (Å²) in [4.78, 5) is 4.06. The summed E-state index contributed by atoms with van der Waals surface area (Å²) in [6.45, 7) is 1.94. The summed E-state index contributed by atoms with van der Waals surface area (Å²) in [6.07, 6.45) is 1.48. The van der Waals surface area contributed by atoms with Gasteiger partial charge in [0.05, 0.1) is 11.3 Å². The molecule has 4 heteroatoms. The molecule has 0 bridgehead atoms. The number of nitrogens with zero attached hydrogens (tertiary/aromatic N) is 2. The van der Waals surface area contributed by atoms with E-state index in [9.17, 15) is 4.39 Å². The molecule has 0 saturated carbocycles. The first-order valence-corrected chi connectivity index (χ1v) is 5.43. The van der Waals surface area contributed by atoms with Gasteiger partial charge in [-0.05, 0) is 30.7 Å². The van der Waals surface area contributed by atoms with Crippen LogP contribution in [0.2, 0.25) is 0 Å². The van der Waals surface area contributed by atoms with Gasteiger partial charge in [0.15, 0.2) is 0 Å². The first-order chi connectivity index (χ1) is 8.69. The third kappa shape index (κ3) is 2.83. The fourth-order valence-corrected chi connectivity index (χ4v) is 1.40. The van der Waals surface area contributed by atoms with Crippen molar-refractivity contribution in [1.82, 2.24) is 4.98 Å². The Labute approximate surface area is 104 Å². The second kappa shape index (κ2) is 5.28. The van der Waals surface area contributed by atoms with E-state index in [0.29, 0.717) is 22.6 Å². The van der Waals surface area contributed by atoms with Crippen molar-refractivity contribution >= 4 is 0 Å². The van der Waals surface area contributed by atoms with Crippen LogP contribution in [-0.4, -0.2) is 4.98 Å². The number of hydrogen-bond acceptors (Lipinski definition) is 3. The van der Waals surface area contributed by atoms with E-state index >= 15 is 0 Å². The lowest BCUT2D eigenvalue weighted by molar-refractivity contribution is 0.299. The first kappa shape index (κ1) is 12.1.